The van der Waals surface area contributed by atoms with Gasteiger partial charge in [0.1, 0.15) is 5.82 Å². The molecule has 2 N–H and O–H groups in total. The highest BCUT2D eigenvalue weighted by atomic mass is 32.2. The summed E-state index contributed by atoms with van der Waals surface area (Å²) in [5, 5.41) is 13.5. The quantitative estimate of drug-likeness (QED) is 0.543. The molecule has 3 heterocycles. The van der Waals surface area contributed by atoms with Gasteiger partial charge in [-0.3, -0.25) is 4.98 Å². The van der Waals surface area contributed by atoms with Crippen LogP contribution in [0.1, 0.15) is 23.1 Å². The monoisotopic (exact) mass is 506 g/mol. The molecule has 7 nitrogen and oxygen atoms in total. The van der Waals surface area contributed by atoms with Gasteiger partial charge in [-0.25, -0.2) is 13.4 Å². The molecule has 4 rings (SSSR count). The Hall–Kier alpha value is -3.02. The van der Waals surface area contributed by atoms with Gasteiger partial charge in [0.25, 0.3) is 0 Å². The van der Waals surface area contributed by atoms with E-state index in [2.05, 4.69) is 15.3 Å². The zero-order valence-electron chi connectivity index (χ0n) is 19.1. The lowest BCUT2D eigenvalue weighted by molar-refractivity contribution is -0.137. The largest absolute Gasteiger partial charge is 0.417 e. The molecule has 0 bridgehead atoms. The van der Waals surface area contributed by atoms with Crippen molar-refractivity contribution in [3.8, 4) is 11.1 Å². The van der Waals surface area contributed by atoms with Crippen LogP contribution in [0.25, 0.3) is 11.1 Å². The molecule has 0 spiro atoms. The van der Waals surface area contributed by atoms with Crippen molar-refractivity contribution >= 4 is 15.8 Å². The highest BCUT2D eigenvalue weighted by Gasteiger charge is 2.35. The fraction of sp³-hybridized carbons (Fsp3) is 0.333. The van der Waals surface area contributed by atoms with Crippen LogP contribution in [-0.4, -0.2) is 53.0 Å². The van der Waals surface area contributed by atoms with Gasteiger partial charge in [0.2, 0.25) is 10.0 Å². The normalized spacial score (nSPS) is 19.5. The number of β-amino-alcohol motifs (C(OH)–C–C–N with tert-alkyl or cyclic N) is 1. The summed E-state index contributed by atoms with van der Waals surface area (Å²) in [6.07, 6.45) is -1.06. The third kappa shape index (κ3) is 5.31. The van der Waals surface area contributed by atoms with Gasteiger partial charge in [0, 0.05) is 31.7 Å². The van der Waals surface area contributed by atoms with Crippen LogP contribution in [0.4, 0.5) is 19.0 Å². The second kappa shape index (κ2) is 9.56. The van der Waals surface area contributed by atoms with Crippen molar-refractivity contribution in [2.45, 2.75) is 43.5 Å². The number of nitrogens with zero attached hydrogens (tertiary/aromatic N) is 3. The summed E-state index contributed by atoms with van der Waals surface area (Å²) in [6.45, 7) is 3.88. The first-order chi connectivity index (χ1) is 16.5. The van der Waals surface area contributed by atoms with Crippen LogP contribution < -0.4 is 5.32 Å². The summed E-state index contributed by atoms with van der Waals surface area (Å²) in [7, 11) is -3.84. The first kappa shape index (κ1) is 25.1. The number of hydrogen-bond donors (Lipinski definition) is 2. The average Bonchev–Trinajstić information content (AvgIpc) is 2.80. The van der Waals surface area contributed by atoms with Gasteiger partial charge >= 0.3 is 6.18 Å². The van der Waals surface area contributed by atoms with E-state index in [1.807, 2.05) is 13.8 Å². The number of pyridine rings is 2. The van der Waals surface area contributed by atoms with E-state index in [0.717, 1.165) is 28.3 Å². The fourth-order valence-electron chi connectivity index (χ4n) is 4.23. The number of hydrogen-bond acceptors (Lipinski definition) is 6. The molecule has 1 fully saturated rings. The standard InChI is InChI=1S/C24H25F3N4O3S/c1-15-11-28-12-16(2)23(15)17-3-6-19(7-4-17)35(33,34)31-10-9-20(21(32)14-31)30-22-8-5-18(13-29-22)24(25,26)27/h3-8,11-13,20-21,32H,9-10,14H2,1-2H3,(H,29,30)/t20-,21+/m1/s1. The zero-order chi connectivity index (χ0) is 25.4. The predicted molar refractivity (Wildman–Crippen MR) is 125 cm³/mol. The number of aliphatic hydroxyl groups excluding tert-OH is 1. The smallest absolute Gasteiger partial charge is 0.390 e. The van der Waals surface area contributed by atoms with E-state index < -0.39 is 33.9 Å². The molecule has 0 radical (unpaired) electrons. The third-order valence-electron chi connectivity index (χ3n) is 6.07. The maximum Gasteiger partial charge on any atom is 0.417 e. The van der Waals surface area contributed by atoms with Crippen LogP contribution in [0.2, 0.25) is 0 Å². The molecule has 2 atom stereocenters. The van der Waals surface area contributed by atoms with Gasteiger partial charge in [-0.15, -0.1) is 0 Å². The topological polar surface area (TPSA) is 95.4 Å². The minimum absolute atomic E-state index is 0.119. The van der Waals surface area contributed by atoms with Crippen molar-refractivity contribution < 1.29 is 26.7 Å². The van der Waals surface area contributed by atoms with Crippen LogP contribution in [-0.2, 0) is 16.2 Å². The number of nitrogens with one attached hydrogen (secondary N) is 1. The Labute approximate surface area is 201 Å². The van der Waals surface area contributed by atoms with Crippen molar-refractivity contribution in [2.75, 3.05) is 18.4 Å². The Morgan fingerprint density at radius 2 is 1.69 bits per heavy atom. The third-order valence-corrected chi connectivity index (χ3v) is 7.95. The molecule has 0 unspecified atom stereocenters. The number of alkyl halides is 3. The highest BCUT2D eigenvalue weighted by molar-refractivity contribution is 7.89. The summed E-state index contributed by atoms with van der Waals surface area (Å²) in [4.78, 5) is 8.04. The van der Waals surface area contributed by atoms with E-state index in [9.17, 15) is 26.7 Å². The van der Waals surface area contributed by atoms with E-state index in [-0.39, 0.29) is 30.2 Å². The molecule has 0 aliphatic carbocycles. The lowest BCUT2D eigenvalue weighted by atomic mass is 9.98. The number of aryl methyl sites for hydroxylation is 2. The van der Waals surface area contributed by atoms with Gasteiger partial charge in [-0.1, -0.05) is 12.1 Å². The molecule has 3 aromatic rings. The van der Waals surface area contributed by atoms with Gasteiger partial charge in [0.15, 0.2) is 0 Å². The van der Waals surface area contributed by atoms with Crippen molar-refractivity contribution in [3.63, 3.8) is 0 Å². The number of halogens is 3. The molecular weight excluding hydrogens is 481 g/mol. The van der Waals surface area contributed by atoms with Gasteiger partial charge < -0.3 is 10.4 Å². The molecule has 186 valence electrons. The van der Waals surface area contributed by atoms with Crippen molar-refractivity contribution in [1.29, 1.82) is 0 Å². The summed E-state index contributed by atoms with van der Waals surface area (Å²) in [5.74, 6) is 0.177. The minimum Gasteiger partial charge on any atom is -0.390 e. The molecule has 35 heavy (non-hydrogen) atoms. The van der Waals surface area contributed by atoms with Crippen LogP contribution in [0.3, 0.4) is 0 Å². The summed E-state index contributed by atoms with van der Waals surface area (Å²) in [5.41, 5.74) is 2.99. The molecule has 1 aromatic carbocycles. The highest BCUT2D eigenvalue weighted by Crippen LogP contribution is 2.30. The summed E-state index contributed by atoms with van der Waals surface area (Å²) >= 11 is 0. The molecule has 2 aromatic heterocycles. The number of anilines is 1. The number of aromatic nitrogens is 2. The molecule has 11 heteroatoms. The maximum atomic E-state index is 13.2. The zero-order valence-corrected chi connectivity index (χ0v) is 19.9. The molecular formula is C24H25F3N4O3S. The van der Waals surface area contributed by atoms with E-state index in [4.69, 9.17) is 0 Å². The number of benzene rings is 1. The Balaban J connectivity index is 1.44. The lowest BCUT2D eigenvalue weighted by Gasteiger charge is -2.35. The number of sulfonamides is 1. The molecule has 0 saturated carbocycles. The maximum absolute atomic E-state index is 13.2. The van der Waals surface area contributed by atoms with Crippen LogP contribution in [0, 0.1) is 13.8 Å². The lowest BCUT2D eigenvalue weighted by Crippen LogP contribution is -2.51. The van der Waals surface area contributed by atoms with Crippen molar-refractivity contribution in [2.24, 2.45) is 0 Å². The van der Waals surface area contributed by atoms with Crippen molar-refractivity contribution in [3.05, 3.63) is 71.7 Å². The first-order valence-electron chi connectivity index (χ1n) is 11.0. The van der Waals surface area contributed by atoms with Crippen molar-refractivity contribution in [1.82, 2.24) is 14.3 Å². The SMILES string of the molecule is Cc1cncc(C)c1-c1ccc(S(=O)(=O)N2CC[C@@H](Nc3ccc(C(F)(F)F)cn3)[C@@H](O)C2)cc1. The van der Waals surface area contributed by atoms with E-state index in [0.29, 0.717) is 6.20 Å². The number of aliphatic hydroxyl groups is 1. The van der Waals surface area contributed by atoms with Crippen LogP contribution in [0.15, 0.2) is 59.9 Å². The Morgan fingerprint density at radius 1 is 1.03 bits per heavy atom. The second-order valence-corrected chi connectivity index (χ2v) is 10.5. The Morgan fingerprint density at radius 3 is 2.23 bits per heavy atom. The van der Waals surface area contributed by atoms with E-state index in [1.54, 1.807) is 36.7 Å². The van der Waals surface area contributed by atoms with Gasteiger partial charge in [-0.2, -0.15) is 17.5 Å². The van der Waals surface area contributed by atoms with E-state index in [1.165, 1.54) is 10.4 Å². The molecule has 1 aliphatic heterocycles. The first-order valence-corrected chi connectivity index (χ1v) is 12.4. The average molecular weight is 507 g/mol. The molecule has 0 amide bonds. The molecule has 1 saturated heterocycles. The summed E-state index contributed by atoms with van der Waals surface area (Å²) < 4.78 is 65.7. The fourth-order valence-corrected chi connectivity index (χ4v) is 5.70. The van der Waals surface area contributed by atoms with Crippen LogP contribution >= 0.6 is 0 Å². The predicted octanol–water partition coefficient (Wildman–Crippen LogP) is 4.02. The Bertz CT molecular complexity index is 1280. The number of rotatable bonds is 5. The molecule has 1 aliphatic rings. The van der Waals surface area contributed by atoms with Gasteiger partial charge in [-0.05, 0) is 66.8 Å². The Kier molecular flexibility index (Phi) is 6.85. The van der Waals surface area contributed by atoms with Crippen LogP contribution in [0.5, 0.6) is 0 Å². The van der Waals surface area contributed by atoms with Gasteiger partial charge in [0.05, 0.1) is 22.6 Å². The number of piperidine rings is 1. The summed E-state index contributed by atoms with van der Waals surface area (Å²) in [6, 6.07) is 8.14. The second-order valence-electron chi connectivity index (χ2n) is 8.57. The minimum atomic E-state index is -4.49. The van der Waals surface area contributed by atoms with E-state index >= 15 is 0 Å².